The van der Waals surface area contributed by atoms with Gasteiger partial charge in [-0.15, -0.1) is 0 Å². The van der Waals surface area contributed by atoms with Crippen molar-refractivity contribution in [2.45, 2.75) is 18.6 Å². The van der Waals surface area contributed by atoms with E-state index >= 15 is 0 Å². The highest BCUT2D eigenvalue weighted by Gasteiger charge is 2.38. The summed E-state index contributed by atoms with van der Waals surface area (Å²) >= 11 is 0. The highest BCUT2D eigenvalue weighted by molar-refractivity contribution is 5.43. The van der Waals surface area contributed by atoms with Gasteiger partial charge in [-0.25, -0.2) is 9.97 Å². The number of benzene rings is 1. The van der Waals surface area contributed by atoms with Crippen LogP contribution in [-0.4, -0.2) is 104 Å². The van der Waals surface area contributed by atoms with Gasteiger partial charge in [-0.2, -0.15) is 0 Å². The van der Waals surface area contributed by atoms with Crippen molar-refractivity contribution in [3.05, 3.63) is 42.2 Å². The minimum absolute atomic E-state index is 0.528. The summed E-state index contributed by atoms with van der Waals surface area (Å²) in [5.74, 6) is 2.16. The van der Waals surface area contributed by atoms with Crippen molar-refractivity contribution in [2.75, 3.05) is 78.1 Å². The predicted molar refractivity (Wildman–Crippen MR) is 126 cm³/mol. The van der Waals surface area contributed by atoms with Crippen molar-refractivity contribution >= 4 is 5.95 Å². The second-order valence-corrected chi connectivity index (χ2v) is 8.90. The Morgan fingerprint density at radius 2 is 1.94 bits per heavy atom. The molecule has 2 aliphatic rings. The molecule has 1 unspecified atom stereocenters. The molecule has 2 aromatic rings. The number of β-amino-alcohol motifs (C(OH)–C–C–N with tert-alkyl or cyclic N) is 1. The molecule has 2 fully saturated rings. The fourth-order valence-electron chi connectivity index (χ4n) is 4.52. The van der Waals surface area contributed by atoms with Crippen LogP contribution in [0.1, 0.15) is 12.0 Å². The normalized spacial score (nSPS) is 21.5. The van der Waals surface area contributed by atoms with Crippen molar-refractivity contribution in [1.82, 2.24) is 19.8 Å². The lowest BCUT2D eigenvalue weighted by Gasteiger charge is -2.29. The second-order valence-electron chi connectivity index (χ2n) is 8.90. The van der Waals surface area contributed by atoms with E-state index in [1.807, 2.05) is 24.1 Å². The molecule has 0 radical (unpaired) electrons. The number of morpholine rings is 1. The standard InChI is InChI=1S/C24H35N5O4/c1-27(18-24(30)6-9-29(19-24)23-25-7-3-8-26-23)17-20-4-5-21(22(16-20)31-2)33-15-12-28-10-13-32-14-11-28/h3-5,7-8,16,30H,6,9-15,17-19H2,1-2H3. The number of likely N-dealkylation sites (N-methyl/N-ethyl adjacent to an activating group) is 1. The maximum Gasteiger partial charge on any atom is 0.225 e. The van der Waals surface area contributed by atoms with Crippen LogP contribution in [0.5, 0.6) is 11.5 Å². The largest absolute Gasteiger partial charge is 0.493 e. The summed E-state index contributed by atoms with van der Waals surface area (Å²) in [6.07, 6.45) is 4.15. The number of hydrogen-bond donors (Lipinski definition) is 1. The predicted octanol–water partition coefficient (Wildman–Crippen LogP) is 1.27. The lowest BCUT2D eigenvalue weighted by Crippen LogP contribution is -2.43. The molecule has 3 heterocycles. The third-order valence-electron chi connectivity index (χ3n) is 6.18. The first-order chi connectivity index (χ1) is 16.0. The monoisotopic (exact) mass is 457 g/mol. The third-order valence-corrected chi connectivity index (χ3v) is 6.18. The maximum atomic E-state index is 11.1. The molecule has 1 atom stereocenters. The SMILES string of the molecule is COc1cc(CN(C)CC2(O)CCN(c3ncccn3)C2)ccc1OCCN1CCOCC1. The van der Waals surface area contributed by atoms with Crippen LogP contribution >= 0.6 is 0 Å². The van der Waals surface area contributed by atoms with Gasteiger partial charge in [0.25, 0.3) is 0 Å². The molecule has 0 amide bonds. The van der Waals surface area contributed by atoms with E-state index in [-0.39, 0.29) is 0 Å². The lowest BCUT2D eigenvalue weighted by molar-refractivity contribution is 0.0278. The Kier molecular flexibility index (Phi) is 7.97. The summed E-state index contributed by atoms with van der Waals surface area (Å²) in [5, 5.41) is 11.1. The van der Waals surface area contributed by atoms with Gasteiger partial charge in [-0.3, -0.25) is 9.80 Å². The number of ether oxygens (including phenoxy) is 3. The Balaban J connectivity index is 1.28. The maximum absolute atomic E-state index is 11.1. The summed E-state index contributed by atoms with van der Waals surface area (Å²) in [4.78, 5) is 15.1. The molecular weight excluding hydrogens is 422 g/mol. The van der Waals surface area contributed by atoms with E-state index in [0.29, 0.717) is 38.6 Å². The van der Waals surface area contributed by atoms with Crippen LogP contribution in [0.2, 0.25) is 0 Å². The van der Waals surface area contributed by atoms with Crippen LogP contribution < -0.4 is 14.4 Å². The van der Waals surface area contributed by atoms with Gasteiger partial charge in [-0.1, -0.05) is 6.07 Å². The number of rotatable bonds is 10. The van der Waals surface area contributed by atoms with Gasteiger partial charge >= 0.3 is 0 Å². The fourth-order valence-corrected chi connectivity index (χ4v) is 4.52. The lowest BCUT2D eigenvalue weighted by atomic mass is 10.0. The number of nitrogens with zero attached hydrogens (tertiary/aromatic N) is 5. The molecule has 0 bridgehead atoms. The molecule has 9 heteroatoms. The molecule has 1 aromatic heterocycles. The average molecular weight is 458 g/mol. The molecule has 4 rings (SSSR count). The highest BCUT2D eigenvalue weighted by atomic mass is 16.5. The Morgan fingerprint density at radius 1 is 1.15 bits per heavy atom. The number of anilines is 1. The van der Waals surface area contributed by atoms with Crippen molar-refractivity contribution in [2.24, 2.45) is 0 Å². The fraction of sp³-hybridized carbons (Fsp3) is 0.583. The number of hydrogen-bond acceptors (Lipinski definition) is 9. The van der Waals surface area contributed by atoms with Crippen LogP contribution in [0.4, 0.5) is 5.95 Å². The zero-order chi connectivity index (χ0) is 23.1. The van der Waals surface area contributed by atoms with Gasteiger partial charge in [-0.05, 0) is 37.2 Å². The van der Waals surface area contributed by atoms with Crippen LogP contribution in [0, 0.1) is 0 Å². The van der Waals surface area contributed by atoms with E-state index < -0.39 is 5.60 Å². The smallest absolute Gasteiger partial charge is 0.225 e. The number of aromatic nitrogens is 2. The Hall–Kier alpha value is -2.46. The van der Waals surface area contributed by atoms with E-state index in [0.717, 1.165) is 56.5 Å². The molecule has 0 saturated carbocycles. The molecule has 1 N–H and O–H groups in total. The van der Waals surface area contributed by atoms with Crippen molar-refractivity contribution in [1.29, 1.82) is 0 Å². The van der Waals surface area contributed by atoms with Crippen molar-refractivity contribution in [3.8, 4) is 11.5 Å². The molecule has 2 saturated heterocycles. The molecule has 180 valence electrons. The van der Waals surface area contributed by atoms with E-state index in [4.69, 9.17) is 14.2 Å². The molecule has 33 heavy (non-hydrogen) atoms. The molecule has 0 spiro atoms. The highest BCUT2D eigenvalue weighted by Crippen LogP contribution is 2.29. The van der Waals surface area contributed by atoms with E-state index in [2.05, 4.69) is 25.8 Å². The number of aliphatic hydroxyl groups is 1. The average Bonchev–Trinajstić information content (AvgIpc) is 3.22. The third kappa shape index (κ3) is 6.54. The minimum Gasteiger partial charge on any atom is -0.493 e. The Bertz CT molecular complexity index is 880. The zero-order valence-corrected chi connectivity index (χ0v) is 19.7. The van der Waals surface area contributed by atoms with Crippen LogP contribution in [-0.2, 0) is 11.3 Å². The van der Waals surface area contributed by atoms with Gasteiger partial charge < -0.3 is 24.2 Å². The minimum atomic E-state index is -0.791. The summed E-state index contributed by atoms with van der Waals surface area (Å²) in [6.45, 7) is 7.52. The van der Waals surface area contributed by atoms with E-state index in [1.165, 1.54) is 0 Å². The summed E-state index contributed by atoms with van der Waals surface area (Å²) in [7, 11) is 3.69. The number of methoxy groups -OCH3 is 1. The van der Waals surface area contributed by atoms with Gasteiger partial charge in [0.2, 0.25) is 5.95 Å². The van der Waals surface area contributed by atoms with Gasteiger partial charge in [0, 0.05) is 51.7 Å². The topological polar surface area (TPSA) is 83.4 Å². The van der Waals surface area contributed by atoms with Crippen molar-refractivity contribution < 1.29 is 19.3 Å². The zero-order valence-electron chi connectivity index (χ0n) is 19.7. The van der Waals surface area contributed by atoms with Gasteiger partial charge in [0.1, 0.15) is 6.61 Å². The van der Waals surface area contributed by atoms with E-state index in [1.54, 1.807) is 25.6 Å². The van der Waals surface area contributed by atoms with E-state index in [9.17, 15) is 5.11 Å². The Morgan fingerprint density at radius 3 is 2.70 bits per heavy atom. The molecule has 1 aromatic carbocycles. The quantitative estimate of drug-likeness (QED) is 0.567. The molecule has 9 nitrogen and oxygen atoms in total. The molecule has 0 aliphatic carbocycles. The first-order valence-corrected chi connectivity index (χ1v) is 11.6. The molecule has 2 aliphatic heterocycles. The van der Waals surface area contributed by atoms with Crippen LogP contribution in [0.15, 0.2) is 36.7 Å². The molecular formula is C24H35N5O4. The van der Waals surface area contributed by atoms with Crippen LogP contribution in [0.3, 0.4) is 0 Å². The van der Waals surface area contributed by atoms with Gasteiger partial charge in [0.15, 0.2) is 11.5 Å². The van der Waals surface area contributed by atoms with Crippen LogP contribution in [0.25, 0.3) is 0 Å². The summed E-state index contributed by atoms with van der Waals surface area (Å²) in [5.41, 5.74) is 0.320. The first kappa shape index (κ1) is 23.7. The summed E-state index contributed by atoms with van der Waals surface area (Å²) in [6, 6.07) is 7.85. The van der Waals surface area contributed by atoms with Gasteiger partial charge in [0.05, 0.1) is 32.5 Å². The van der Waals surface area contributed by atoms with Crippen molar-refractivity contribution in [3.63, 3.8) is 0 Å². The summed E-state index contributed by atoms with van der Waals surface area (Å²) < 4.78 is 17.0. The second kappa shape index (κ2) is 11.1. The Labute approximate surface area is 195 Å². The first-order valence-electron chi connectivity index (χ1n) is 11.6.